The Hall–Kier alpha value is -3.68. The average Bonchev–Trinajstić information content (AvgIpc) is 3.22. The molecule has 8 heteroatoms. The number of aromatic nitrogens is 1. The lowest BCUT2D eigenvalue weighted by Gasteiger charge is -2.09. The molecule has 1 heterocycles. The Labute approximate surface area is 159 Å². The lowest BCUT2D eigenvalue weighted by molar-refractivity contribution is -0.119. The van der Waals surface area contributed by atoms with E-state index >= 15 is 0 Å². The summed E-state index contributed by atoms with van der Waals surface area (Å²) in [4.78, 5) is 23.9. The van der Waals surface area contributed by atoms with Crippen molar-refractivity contribution >= 4 is 17.6 Å². The van der Waals surface area contributed by atoms with Gasteiger partial charge in [0.25, 0.3) is 5.91 Å². The number of ether oxygens (including phenoxy) is 2. The van der Waals surface area contributed by atoms with Crippen molar-refractivity contribution in [3.63, 3.8) is 0 Å². The second-order valence-corrected chi connectivity index (χ2v) is 5.66. The summed E-state index contributed by atoms with van der Waals surface area (Å²) < 4.78 is 35.3. The minimum absolute atomic E-state index is 0.0252. The van der Waals surface area contributed by atoms with E-state index in [-0.39, 0.29) is 5.75 Å². The maximum absolute atomic E-state index is 12.1. The number of nitrogens with zero attached hydrogens (tertiary/aromatic N) is 1. The van der Waals surface area contributed by atoms with Crippen LogP contribution >= 0.6 is 0 Å². The van der Waals surface area contributed by atoms with Crippen molar-refractivity contribution < 1.29 is 27.8 Å². The number of carbonyl (C=O) groups is 2. The number of nitrogens with one attached hydrogen (secondary N) is 1. The fourth-order valence-corrected chi connectivity index (χ4v) is 2.41. The van der Waals surface area contributed by atoms with E-state index in [1.165, 1.54) is 24.3 Å². The molecule has 1 N–H and O–H groups in total. The Morgan fingerprint density at radius 3 is 2.21 bits per heavy atom. The molecule has 0 radical (unpaired) electrons. The minimum atomic E-state index is -2.92. The molecule has 0 bridgehead atoms. The van der Waals surface area contributed by atoms with Crippen molar-refractivity contribution in [1.82, 2.24) is 4.57 Å². The highest BCUT2D eigenvalue weighted by Gasteiger charge is 2.11. The molecule has 1 aromatic heterocycles. The highest BCUT2D eigenvalue weighted by Crippen LogP contribution is 2.17. The highest BCUT2D eigenvalue weighted by atomic mass is 19.3. The number of halogens is 2. The zero-order valence-electron chi connectivity index (χ0n) is 14.5. The maximum Gasteiger partial charge on any atom is 0.387 e. The van der Waals surface area contributed by atoms with Gasteiger partial charge in [-0.25, -0.2) is 4.79 Å². The van der Waals surface area contributed by atoms with E-state index in [1.54, 1.807) is 24.3 Å². The van der Waals surface area contributed by atoms with Crippen molar-refractivity contribution in [3.05, 3.63) is 78.6 Å². The van der Waals surface area contributed by atoms with E-state index in [4.69, 9.17) is 4.74 Å². The fourth-order valence-electron chi connectivity index (χ4n) is 2.41. The van der Waals surface area contributed by atoms with Gasteiger partial charge in [0.05, 0.1) is 5.56 Å². The summed E-state index contributed by atoms with van der Waals surface area (Å²) in [7, 11) is 0. The Morgan fingerprint density at radius 1 is 0.964 bits per heavy atom. The number of hydrogen-bond donors (Lipinski definition) is 1. The zero-order valence-corrected chi connectivity index (χ0v) is 14.5. The molecular formula is C20H16F2N2O4. The van der Waals surface area contributed by atoms with Crippen molar-refractivity contribution in [2.75, 3.05) is 11.9 Å². The molecule has 1 amide bonds. The van der Waals surface area contributed by atoms with E-state index in [0.29, 0.717) is 11.3 Å². The van der Waals surface area contributed by atoms with Crippen LogP contribution in [0.25, 0.3) is 5.69 Å². The highest BCUT2D eigenvalue weighted by molar-refractivity contribution is 5.95. The summed E-state index contributed by atoms with van der Waals surface area (Å²) in [5, 5.41) is 2.49. The van der Waals surface area contributed by atoms with Crippen LogP contribution in [0.5, 0.6) is 5.75 Å². The molecule has 0 fully saturated rings. The van der Waals surface area contributed by atoms with Crippen LogP contribution in [0.1, 0.15) is 10.4 Å². The summed E-state index contributed by atoms with van der Waals surface area (Å²) in [6, 6.07) is 15.9. The molecular weight excluding hydrogens is 370 g/mol. The van der Waals surface area contributed by atoms with Crippen LogP contribution in [0.15, 0.2) is 73.1 Å². The van der Waals surface area contributed by atoms with Gasteiger partial charge in [-0.05, 0) is 60.7 Å². The summed E-state index contributed by atoms with van der Waals surface area (Å²) in [6.45, 7) is -3.40. The first-order chi connectivity index (χ1) is 13.5. The first kappa shape index (κ1) is 19.1. The van der Waals surface area contributed by atoms with Crippen molar-refractivity contribution in [2.45, 2.75) is 6.61 Å². The van der Waals surface area contributed by atoms with Crippen LogP contribution in [0, 0.1) is 0 Å². The molecule has 0 saturated carbocycles. The lowest BCUT2D eigenvalue weighted by atomic mass is 10.2. The van der Waals surface area contributed by atoms with Crippen LogP contribution in [-0.4, -0.2) is 29.7 Å². The van der Waals surface area contributed by atoms with Crippen molar-refractivity contribution in [2.24, 2.45) is 0 Å². The Bertz CT molecular complexity index is 924. The smallest absolute Gasteiger partial charge is 0.387 e. The van der Waals surface area contributed by atoms with Crippen molar-refractivity contribution in [3.8, 4) is 11.4 Å². The monoisotopic (exact) mass is 386 g/mol. The molecule has 0 spiro atoms. The predicted octanol–water partition coefficient (Wildman–Crippen LogP) is 3.87. The summed E-state index contributed by atoms with van der Waals surface area (Å²) in [5.74, 6) is -1.21. The van der Waals surface area contributed by atoms with Gasteiger partial charge in [0.2, 0.25) is 0 Å². The predicted molar refractivity (Wildman–Crippen MR) is 97.8 cm³/mol. The van der Waals surface area contributed by atoms with Crippen LogP contribution in [0.2, 0.25) is 0 Å². The maximum atomic E-state index is 12.1. The van der Waals surface area contributed by atoms with Crippen LogP contribution in [0.3, 0.4) is 0 Å². The molecule has 6 nitrogen and oxygen atoms in total. The Morgan fingerprint density at radius 2 is 1.61 bits per heavy atom. The summed E-state index contributed by atoms with van der Waals surface area (Å²) in [6.07, 6.45) is 3.76. The molecule has 0 atom stereocenters. The first-order valence-corrected chi connectivity index (χ1v) is 8.26. The number of esters is 1. The van der Waals surface area contributed by atoms with Gasteiger partial charge in [-0.3, -0.25) is 4.79 Å². The average molecular weight is 386 g/mol. The third-order valence-electron chi connectivity index (χ3n) is 3.70. The molecule has 0 aliphatic rings. The Balaban J connectivity index is 1.49. The topological polar surface area (TPSA) is 69.6 Å². The quantitative estimate of drug-likeness (QED) is 0.626. The minimum Gasteiger partial charge on any atom is -0.452 e. The molecule has 0 aliphatic heterocycles. The molecule has 28 heavy (non-hydrogen) atoms. The van der Waals surface area contributed by atoms with Gasteiger partial charge in [-0.2, -0.15) is 8.78 Å². The number of rotatable bonds is 7. The van der Waals surface area contributed by atoms with Gasteiger partial charge >= 0.3 is 12.6 Å². The molecule has 0 aliphatic carbocycles. The van der Waals surface area contributed by atoms with Crippen LogP contribution in [-0.2, 0) is 9.53 Å². The number of carbonyl (C=O) groups excluding carboxylic acids is 2. The van der Waals surface area contributed by atoms with Crippen molar-refractivity contribution in [1.29, 1.82) is 0 Å². The number of amides is 1. The zero-order chi connectivity index (χ0) is 19.9. The standard InChI is InChI=1S/C20H16F2N2O4/c21-20(22)28-17-9-5-15(6-10-17)23-18(25)13-27-19(26)14-3-7-16(8-4-14)24-11-1-2-12-24/h1-12,20H,13H2,(H,23,25). The third kappa shape index (κ3) is 5.16. The largest absolute Gasteiger partial charge is 0.452 e. The summed E-state index contributed by atoms with van der Waals surface area (Å²) in [5.41, 5.74) is 1.56. The number of anilines is 1. The normalized spacial score (nSPS) is 10.5. The number of alkyl halides is 2. The third-order valence-corrected chi connectivity index (χ3v) is 3.70. The summed E-state index contributed by atoms with van der Waals surface area (Å²) >= 11 is 0. The second kappa shape index (κ2) is 8.81. The number of hydrogen-bond acceptors (Lipinski definition) is 4. The van der Waals surface area contributed by atoms with Gasteiger partial charge in [-0.15, -0.1) is 0 Å². The van der Waals surface area contributed by atoms with Gasteiger partial charge < -0.3 is 19.4 Å². The van der Waals surface area contributed by atoms with E-state index in [0.717, 1.165) is 5.69 Å². The SMILES string of the molecule is O=C(COC(=O)c1ccc(-n2cccc2)cc1)Nc1ccc(OC(F)F)cc1. The molecule has 2 aromatic carbocycles. The Kier molecular flexibility index (Phi) is 6.01. The molecule has 3 rings (SSSR count). The molecule has 3 aromatic rings. The van der Waals surface area contributed by atoms with E-state index in [2.05, 4.69) is 10.1 Å². The molecule has 0 unspecified atom stereocenters. The first-order valence-electron chi connectivity index (χ1n) is 8.26. The molecule has 144 valence electrons. The molecule has 0 saturated heterocycles. The fraction of sp³-hybridized carbons (Fsp3) is 0.100. The van der Waals surface area contributed by atoms with E-state index in [1.807, 2.05) is 29.1 Å². The van der Waals surface area contributed by atoms with Gasteiger partial charge in [0.1, 0.15) is 5.75 Å². The van der Waals surface area contributed by atoms with E-state index < -0.39 is 25.1 Å². The second-order valence-electron chi connectivity index (χ2n) is 5.66. The lowest BCUT2D eigenvalue weighted by Crippen LogP contribution is -2.20. The number of benzene rings is 2. The van der Waals surface area contributed by atoms with Gasteiger partial charge in [0.15, 0.2) is 6.61 Å². The van der Waals surface area contributed by atoms with E-state index in [9.17, 15) is 18.4 Å². The van der Waals surface area contributed by atoms with Crippen LogP contribution in [0.4, 0.5) is 14.5 Å². The van der Waals surface area contributed by atoms with Gasteiger partial charge in [0, 0.05) is 23.8 Å². The van der Waals surface area contributed by atoms with Gasteiger partial charge in [-0.1, -0.05) is 0 Å². The van der Waals surface area contributed by atoms with Crippen LogP contribution < -0.4 is 10.1 Å².